The number of hydrogen-bond donors (Lipinski definition) is 1. The maximum atomic E-state index is 10.2. The van der Waals surface area contributed by atoms with Crippen LogP contribution in [0.5, 0.6) is 0 Å². The van der Waals surface area contributed by atoms with Crippen LogP contribution in [0.3, 0.4) is 0 Å². The molecule has 1 unspecified atom stereocenters. The third-order valence-electron chi connectivity index (χ3n) is 1.23. The van der Waals surface area contributed by atoms with Crippen LogP contribution < -0.4 is 0 Å². The zero-order valence-electron chi connectivity index (χ0n) is 7.96. The van der Waals surface area contributed by atoms with Crippen molar-refractivity contribution in [3.8, 4) is 0 Å². The van der Waals surface area contributed by atoms with Crippen molar-refractivity contribution < 1.29 is 14.6 Å². The molecule has 0 aliphatic carbocycles. The topological polar surface area (TPSA) is 46.5 Å². The third kappa shape index (κ3) is 6.80. The number of carboxylic acid groups (broad SMARTS) is 1. The molecule has 0 amide bonds. The summed E-state index contributed by atoms with van der Waals surface area (Å²) in [5, 5.41) is 8.57. The first-order valence-corrected chi connectivity index (χ1v) is 4.77. The van der Waals surface area contributed by atoms with E-state index >= 15 is 0 Å². The Hall–Kier alpha value is -0.670. The highest BCUT2D eigenvalue weighted by Crippen LogP contribution is 2.12. The highest BCUT2D eigenvalue weighted by molar-refractivity contribution is 6.29. The maximum absolute atomic E-state index is 10.2. The Bertz CT molecular complexity index is 253. The molecule has 0 heterocycles. The molecule has 0 aliphatic rings. The van der Waals surface area contributed by atoms with Gasteiger partial charge in [-0.2, -0.15) is 0 Å². The van der Waals surface area contributed by atoms with Gasteiger partial charge in [0.25, 0.3) is 0 Å². The molecule has 0 aromatic rings. The molecule has 0 aliphatic heterocycles. The van der Waals surface area contributed by atoms with Crippen LogP contribution in [-0.4, -0.2) is 23.1 Å². The Morgan fingerprint density at radius 1 is 1.57 bits per heavy atom. The lowest BCUT2D eigenvalue weighted by Crippen LogP contribution is -2.10. The van der Waals surface area contributed by atoms with E-state index in [1.165, 1.54) is 0 Å². The van der Waals surface area contributed by atoms with Crippen LogP contribution in [0.2, 0.25) is 0 Å². The predicted molar refractivity (Wildman–Crippen MR) is 56.6 cm³/mol. The maximum Gasteiger partial charge on any atom is 0.341 e. The average molecular weight is 239 g/mol. The number of allylic oxidation sites excluding steroid dienone is 4. The van der Waals surface area contributed by atoms with E-state index in [9.17, 15) is 4.79 Å². The monoisotopic (exact) mass is 238 g/mol. The van der Waals surface area contributed by atoms with Crippen molar-refractivity contribution in [2.24, 2.45) is 0 Å². The Kier molecular flexibility index (Phi) is 6.41. The zero-order chi connectivity index (χ0) is 11.1. The summed E-state index contributed by atoms with van der Waals surface area (Å²) in [6, 6.07) is 0. The molecular weight excluding hydrogens is 227 g/mol. The van der Waals surface area contributed by atoms with Gasteiger partial charge in [-0.15, -0.1) is 11.6 Å². The van der Waals surface area contributed by atoms with E-state index < -0.39 is 12.6 Å². The van der Waals surface area contributed by atoms with Crippen LogP contribution in [-0.2, 0) is 9.53 Å². The first kappa shape index (κ1) is 13.3. The fourth-order valence-electron chi connectivity index (χ4n) is 0.638. The summed E-state index contributed by atoms with van der Waals surface area (Å²) in [6.07, 6.45) is 3.15. The minimum Gasteiger partial charge on any atom is -0.485 e. The zero-order valence-corrected chi connectivity index (χ0v) is 9.47. The van der Waals surface area contributed by atoms with Gasteiger partial charge in [-0.3, -0.25) is 0 Å². The molecule has 0 rings (SSSR count). The summed E-state index contributed by atoms with van der Waals surface area (Å²) in [6.45, 7) is 2.98. The molecule has 1 atom stereocenters. The number of carboxylic acids is 1. The van der Waals surface area contributed by atoms with Gasteiger partial charge in [0, 0.05) is 5.03 Å². The van der Waals surface area contributed by atoms with Crippen LogP contribution in [0.1, 0.15) is 13.8 Å². The molecule has 14 heavy (non-hydrogen) atoms. The van der Waals surface area contributed by atoms with Gasteiger partial charge in [0.2, 0.25) is 0 Å². The quantitative estimate of drug-likeness (QED) is 0.455. The van der Waals surface area contributed by atoms with E-state index in [1.807, 2.05) is 0 Å². The van der Waals surface area contributed by atoms with Gasteiger partial charge in [-0.05, 0) is 26.0 Å². The number of ether oxygens (including phenoxy) is 1. The summed E-state index contributed by atoms with van der Waals surface area (Å²) < 4.78 is 4.94. The van der Waals surface area contributed by atoms with Crippen LogP contribution >= 0.6 is 23.2 Å². The minimum absolute atomic E-state index is 0.383. The number of hydrogen-bond acceptors (Lipinski definition) is 2. The summed E-state index contributed by atoms with van der Waals surface area (Å²) >= 11 is 11.3. The molecule has 0 saturated carbocycles. The Morgan fingerprint density at radius 2 is 2.14 bits per heavy atom. The number of carbonyl (C=O) groups is 1. The summed E-state index contributed by atoms with van der Waals surface area (Å²) in [4.78, 5) is 10.2. The highest BCUT2D eigenvalue weighted by atomic mass is 35.5. The second-order valence-electron chi connectivity index (χ2n) is 2.62. The third-order valence-corrected chi connectivity index (χ3v) is 1.57. The summed E-state index contributed by atoms with van der Waals surface area (Å²) in [5.41, 5.74) is 0. The first-order chi connectivity index (χ1) is 6.43. The van der Waals surface area contributed by atoms with Crippen LogP contribution in [0.15, 0.2) is 22.9 Å². The second kappa shape index (κ2) is 6.74. The van der Waals surface area contributed by atoms with Crippen molar-refractivity contribution in [3.05, 3.63) is 22.9 Å². The standard InChI is InChI=1S/C9H12Cl2O3/c1-6(10)3-4-8(7(2)11)14-5-9(12)13/h3-4,7H,5H2,1-2H3,(H,12,13)/b6-3+,8-4+. The van der Waals surface area contributed by atoms with E-state index in [1.54, 1.807) is 26.0 Å². The fraction of sp³-hybridized carbons (Fsp3) is 0.444. The van der Waals surface area contributed by atoms with Crippen molar-refractivity contribution in [1.82, 2.24) is 0 Å². The van der Waals surface area contributed by atoms with Crippen molar-refractivity contribution in [1.29, 1.82) is 0 Å². The molecule has 80 valence electrons. The molecule has 1 N–H and O–H groups in total. The number of alkyl halides is 1. The average Bonchev–Trinajstić information content (AvgIpc) is 2.02. The van der Waals surface area contributed by atoms with Gasteiger partial charge in [-0.25, -0.2) is 4.79 Å². The van der Waals surface area contributed by atoms with E-state index in [0.29, 0.717) is 10.8 Å². The lowest BCUT2D eigenvalue weighted by molar-refractivity contribution is -0.140. The predicted octanol–water partition coefficient (Wildman–Crippen LogP) is 2.74. The van der Waals surface area contributed by atoms with E-state index in [2.05, 4.69) is 0 Å². The van der Waals surface area contributed by atoms with E-state index in [4.69, 9.17) is 33.0 Å². The summed E-state index contributed by atoms with van der Waals surface area (Å²) in [5.74, 6) is -0.658. The Balaban J connectivity index is 4.37. The molecule has 0 bridgehead atoms. The lowest BCUT2D eigenvalue weighted by atomic mass is 10.3. The second-order valence-corrected chi connectivity index (χ2v) is 3.87. The van der Waals surface area contributed by atoms with Gasteiger partial charge in [-0.1, -0.05) is 11.6 Å². The SMILES string of the molecule is C/C(Cl)=C\C=C(\OCC(=O)O)C(C)Cl. The normalized spacial score (nSPS) is 15.1. The van der Waals surface area contributed by atoms with Gasteiger partial charge >= 0.3 is 5.97 Å². The van der Waals surface area contributed by atoms with Crippen molar-refractivity contribution >= 4 is 29.2 Å². The molecule has 0 fully saturated rings. The van der Waals surface area contributed by atoms with E-state index in [-0.39, 0.29) is 5.38 Å². The highest BCUT2D eigenvalue weighted by Gasteiger charge is 2.07. The van der Waals surface area contributed by atoms with Gasteiger partial charge in [0.15, 0.2) is 6.61 Å². The molecule has 3 nitrogen and oxygen atoms in total. The first-order valence-electron chi connectivity index (χ1n) is 3.96. The number of rotatable bonds is 5. The molecule has 0 saturated heterocycles. The molecule has 0 spiro atoms. The lowest BCUT2D eigenvalue weighted by Gasteiger charge is -2.09. The van der Waals surface area contributed by atoms with Crippen molar-refractivity contribution in [2.75, 3.05) is 6.61 Å². The number of aliphatic carboxylic acids is 1. The fourth-order valence-corrected chi connectivity index (χ4v) is 0.836. The van der Waals surface area contributed by atoms with Crippen molar-refractivity contribution in [3.63, 3.8) is 0 Å². The van der Waals surface area contributed by atoms with Gasteiger partial charge < -0.3 is 9.84 Å². The van der Waals surface area contributed by atoms with Gasteiger partial charge in [0.1, 0.15) is 5.76 Å². The van der Waals surface area contributed by atoms with Gasteiger partial charge in [0.05, 0.1) is 5.38 Å². The Labute approximate surface area is 93.0 Å². The summed E-state index contributed by atoms with van der Waals surface area (Å²) in [7, 11) is 0. The minimum atomic E-state index is -1.04. The smallest absolute Gasteiger partial charge is 0.341 e. The molecule has 0 radical (unpaired) electrons. The largest absolute Gasteiger partial charge is 0.485 e. The van der Waals surface area contributed by atoms with E-state index in [0.717, 1.165) is 0 Å². The molecule has 5 heteroatoms. The number of halogens is 2. The molecular formula is C9H12Cl2O3. The van der Waals surface area contributed by atoms with Crippen LogP contribution in [0, 0.1) is 0 Å². The van der Waals surface area contributed by atoms with Crippen LogP contribution in [0.4, 0.5) is 0 Å². The molecule has 0 aromatic carbocycles. The molecule has 0 aromatic heterocycles. The Morgan fingerprint density at radius 3 is 2.50 bits per heavy atom. The van der Waals surface area contributed by atoms with Crippen LogP contribution in [0.25, 0.3) is 0 Å². The van der Waals surface area contributed by atoms with Crippen molar-refractivity contribution in [2.45, 2.75) is 19.2 Å².